The first kappa shape index (κ1) is 23.0. The van der Waals surface area contributed by atoms with Crippen LogP contribution in [0.25, 0.3) is 0 Å². The van der Waals surface area contributed by atoms with Gasteiger partial charge in [-0.15, -0.1) is 0 Å². The number of hydrogen-bond donors (Lipinski definition) is 1. The molecule has 1 aromatic carbocycles. The fraction of sp³-hybridized carbons (Fsp3) is 0.542. The number of aryl methyl sites for hydroxylation is 1. The molecule has 0 aliphatic carbocycles. The van der Waals surface area contributed by atoms with E-state index in [9.17, 15) is 9.59 Å². The minimum absolute atomic E-state index is 0.0919. The molecule has 1 aliphatic heterocycles. The second-order valence-corrected chi connectivity index (χ2v) is 8.70. The summed E-state index contributed by atoms with van der Waals surface area (Å²) in [5, 5.41) is 7.02. The second kappa shape index (κ2) is 10.6. The van der Waals surface area contributed by atoms with Crippen molar-refractivity contribution in [3.8, 4) is 0 Å². The van der Waals surface area contributed by atoms with Gasteiger partial charge < -0.3 is 10.2 Å². The van der Waals surface area contributed by atoms with Gasteiger partial charge in [-0.3, -0.25) is 19.2 Å². The van der Waals surface area contributed by atoms with Gasteiger partial charge in [0.05, 0.1) is 11.8 Å². The van der Waals surface area contributed by atoms with Crippen molar-refractivity contribution in [2.45, 2.75) is 46.2 Å². The van der Waals surface area contributed by atoms with Crippen LogP contribution in [0.15, 0.2) is 36.7 Å². The molecular formula is C24H35N5O2. The molecule has 31 heavy (non-hydrogen) atoms. The number of carbonyl (C=O) groups is 2. The summed E-state index contributed by atoms with van der Waals surface area (Å²) in [5.41, 5.74) is 2.56. The Labute approximate surface area is 185 Å². The van der Waals surface area contributed by atoms with Crippen molar-refractivity contribution in [3.63, 3.8) is 0 Å². The van der Waals surface area contributed by atoms with E-state index < -0.39 is 0 Å². The highest BCUT2D eigenvalue weighted by Gasteiger charge is 2.24. The molecule has 0 unspecified atom stereocenters. The van der Waals surface area contributed by atoms with Crippen LogP contribution in [0.1, 0.15) is 59.9 Å². The number of benzene rings is 1. The topological polar surface area (TPSA) is 70.5 Å². The van der Waals surface area contributed by atoms with E-state index >= 15 is 0 Å². The molecule has 168 valence electrons. The third kappa shape index (κ3) is 6.17. The van der Waals surface area contributed by atoms with Gasteiger partial charge in [-0.1, -0.05) is 19.1 Å². The third-order valence-electron chi connectivity index (χ3n) is 6.14. The Morgan fingerprint density at radius 3 is 2.39 bits per heavy atom. The van der Waals surface area contributed by atoms with Crippen molar-refractivity contribution in [1.29, 1.82) is 0 Å². The SMILES string of the molecule is CCN(Cc1ccc(C(=O)N2CCC(CNC(=O)c3cnn(C)c3)CC2)cc1)C(C)C. The second-order valence-electron chi connectivity index (χ2n) is 8.70. The number of rotatable bonds is 8. The first-order valence-corrected chi connectivity index (χ1v) is 11.3. The van der Waals surface area contributed by atoms with Gasteiger partial charge >= 0.3 is 0 Å². The lowest BCUT2D eigenvalue weighted by atomic mass is 9.96. The predicted molar refractivity (Wildman–Crippen MR) is 122 cm³/mol. The van der Waals surface area contributed by atoms with E-state index in [0.717, 1.165) is 44.6 Å². The Balaban J connectivity index is 1.46. The predicted octanol–water partition coefficient (Wildman–Crippen LogP) is 2.93. The first-order valence-electron chi connectivity index (χ1n) is 11.3. The smallest absolute Gasteiger partial charge is 0.254 e. The van der Waals surface area contributed by atoms with Crippen LogP contribution in [0.3, 0.4) is 0 Å². The highest BCUT2D eigenvalue weighted by atomic mass is 16.2. The van der Waals surface area contributed by atoms with Crippen LogP contribution in [0, 0.1) is 5.92 Å². The van der Waals surface area contributed by atoms with E-state index in [1.807, 2.05) is 17.0 Å². The Kier molecular flexibility index (Phi) is 7.85. The summed E-state index contributed by atoms with van der Waals surface area (Å²) in [6, 6.07) is 8.54. The van der Waals surface area contributed by atoms with Crippen molar-refractivity contribution in [2.75, 3.05) is 26.2 Å². The zero-order chi connectivity index (χ0) is 22.4. The zero-order valence-corrected chi connectivity index (χ0v) is 19.2. The third-order valence-corrected chi connectivity index (χ3v) is 6.14. The largest absolute Gasteiger partial charge is 0.352 e. The van der Waals surface area contributed by atoms with Crippen LogP contribution in [0.5, 0.6) is 0 Å². The zero-order valence-electron chi connectivity index (χ0n) is 19.2. The minimum atomic E-state index is -0.0919. The molecule has 0 spiro atoms. The molecule has 1 saturated heterocycles. The number of likely N-dealkylation sites (tertiary alicyclic amines) is 1. The average Bonchev–Trinajstić information content (AvgIpc) is 3.22. The molecule has 1 aromatic heterocycles. The van der Waals surface area contributed by atoms with E-state index in [2.05, 4.69) is 48.2 Å². The summed E-state index contributed by atoms with van der Waals surface area (Å²) in [7, 11) is 1.79. The fourth-order valence-electron chi connectivity index (χ4n) is 4.05. The molecule has 7 nitrogen and oxygen atoms in total. The number of aromatic nitrogens is 2. The summed E-state index contributed by atoms with van der Waals surface area (Å²) in [6.45, 7) is 10.6. The van der Waals surface area contributed by atoms with Gasteiger partial charge in [0.1, 0.15) is 0 Å². The summed E-state index contributed by atoms with van der Waals surface area (Å²) >= 11 is 0. The van der Waals surface area contributed by atoms with Crippen LogP contribution in [-0.4, -0.2) is 63.6 Å². The van der Waals surface area contributed by atoms with Crippen LogP contribution in [0.2, 0.25) is 0 Å². The van der Waals surface area contributed by atoms with Gasteiger partial charge in [0, 0.05) is 51.0 Å². The number of piperidine rings is 1. The lowest BCUT2D eigenvalue weighted by molar-refractivity contribution is 0.0684. The summed E-state index contributed by atoms with van der Waals surface area (Å²) in [4.78, 5) is 29.4. The van der Waals surface area contributed by atoms with Gasteiger partial charge in [0.15, 0.2) is 0 Å². The number of carbonyl (C=O) groups excluding carboxylic acids is 2. The summed E-state index contributed by atoms with van der Waals surface area (Å²) < 4.78 is 1.62. The van der Waals surface area contributed by atoms with E-state index in [-0.39, 0.29) is 11.8 Å². The molecule has 0 saturated carbocycles. The maximum absolute atomic E-state index is 12.9. The molecule has 3 rings (SSSR count). The van der Waals surface area contributed by atoms with Gasteiger partial charge in [-0.25, -0.2) is 0 Å². The van der Waals surface area contributed by atoms with Crippen LogP contribution in [0.4, 0.5) is 0 Å². The monoisotopic (exact) mass is 425 g/mol. The molecule has 1 fully saturated rings. The molecule has 7 heteroatoms. The number of nitrogens with zero attached hydrogens (tertiary/aromatic N) is 4. The van der Waals surface area contributed by atoms with Crippen LogP contribution in [-0.2, 0) is 13.6 Å². The molecule has 0 bridgehead atoms. The fourth-order valence-corrected chi connectivity index (χ4v) is 4.05. The molecule has 2 heterocycles. The maximum Gasteiger partial charge on any atom is 0.254 e. The van der Waals surface area contributed by atoms with Gasteiger partial charge in [0.25, 0.3) is 11.8 Å². The maximum atomic E-state index is 12.9. The van der Waals surface area contributed by atoms with Gasteiger partial charge in [-0.2, -0.15) is 5.10 Å². The summed E-state index contributed by atoms with van der Waals surface area (Å²) in [5.74, 6) is 0.398. The van der Waals surface area contributed by atoms with E-state index in [1.54, 1.807) is 24.1 Å². The standard InChI is InChI=1S/C24H35N5O2/c1-5-28(18(2)3)16-20-6-8-21(9-7-20)24(31)29-12-10-19(11-13-29)14-25-23(30)22-15-26-27(4)17-22/h6-9,15,17-19H,5,10-14,16H2,1-4H3,(H,25,30). The Hall–Kier alpha value is -2.67. The van der Waals surface area contributed by atoms with Crippen LogP contribution >= 0.6 is 0 Å². The number of amides is 2. The van der Waals surface area contributed by atoms with E-state index in [1.165, 1.54) is 5.56 Å². The molecular weight excluding hydrogens is 390 g/mol. The van der Waals surface area contributed by atoms with Crippen molar-refractivity contribution in [1.82, 2.24) is 24.9 Å². The highest BCUT2D eigenvalue weighted by Crippen LogP contribution is 2.19. The van der Waals surface area contributed by atoms with E-state index in [0.29, 0.717) is 24.1 Å². The molecule has 1 N–H and O–H groups in total. The van der Waals surface area contributed by atoms with Crippen molar-refractivity contribution in [3.05, 3.63) is 53.3 Å². The Bertz CT molecular complexity index is 866. The van der Waals surface area contributed by atoms with Crippen molar-refractivity contribution < 1.29 is 9.59 Å². The average molecular weight is 426 g/mol. The lowest BCUT2D eigenvalue weighted by Gasteiger charge is -2.32. The van der Waals surface area contributed by atoms with E-state index in [4.69, 9.17) is 0 Å². The molecule has 1 aliphatic rings. The molecule has 0 atom stereocenters. The molecule has 2 aromatic rings. The minimum Gasteiger partial charge on any atom is -0.352 e. The normalized spacial score (nSPS) is 15.0. The number of hydrogen-bond acceptors (Lipinski definition) is 4. The highest BCUT2D eigenvalue weighted by molar-refractivity contribution is 5.94. The molecule has 2 amide bonds. The van der Waals surface area contributed by atoms with Crippen LogP contribution < -0.4 is 5.32 Å². The first-order chi connectivity index (χ1) is 14.9. The van der Waals surface area contributed by atoms with Gasteiger partial charge in [-0.05, 0) is 56.8 Å². The van der Waals surface area contributed by atoms with Crippen molar-refractivity contribution in [2.24, 2.45) is 13.0 Å². The Morgan fingerprint density at radius 1 is 1.16 bits per heavy atom. The quantitative estimate of drug-likeness (QED) is 0.706. The Morgan fingerprint density at radius 2 is 1.84 bits per heavy atom. The van der Waals surface area contributed by atoms with Gasteiger partial charge in [0.2, 0.25) is 0 Å². The number of nitrogens with one attached hydrogen (secondary N) is 1. The lowest BCUT2D eigenvalue weighted by Crippen LogP contribution is -2.41. The molecule has 0 radical (unpaired) electrons. The van der Waals surface area contributed by atoms with Crippen molar-refractivity contribution >= 4 is 11.8 Å². The summed E-state index contributed by atoms with van der Waals surface area (Å²) in [6.07, 6.45) is 5.09.